The third-order valence-electron chi connectivity index (χ3n) is 6.38. The first-order valence-electron chi connectivity index (χ1n) is 11.7. The quantitative estimate of drug-likeness (QED) is 0.329. The van der Waals surface area contributed by atoms with Crippen LogP contribution in [-0.2, 0) is 0 Å². The second kappa shape index (κ2) is 9.50. The summed E-state index contributed by atoms with van der Waals surface area (Å²) in [4.78, 5) is 6.78. The summed E-state index contributed by atoms with van der Waals surface area (Å²) < 4.78 is 21.8. The third kappa shape index (κ3) is 4.28. The zero-order chi connectivity index (χ0) is 24.5. The number of nitrogens with one attached hydrogen (secondary N) is 1. The molecule has 0 aliphatic carbocycles. The number of aryl methyl sites for hydroxylation is 1. The molecule has 35 heavy (non-hydrogen) atoms. The smallest absolute Gasteiger partial charge is 0.174 e. The average Bonchev–Trinajstić information content (AvgIpc) is 3.35. The van der Waals surface area contributed by atoms with Crippen LogP contribution in [0.25, 0.3) is 5.69 Å². The summed E-state index contributed by atoms with van der Waals surface area (Å²) in [6.45, 7) is 6.69. The Labute approximate surface area is 210 Å². The van der Waals surface area contributed by atoms with Gasteiger partial charge in [0, 0.05) is 29.0 Å². The van der Waals surface area contributed by atoms with Crippen molar-refractivity contribution in [3.63, 3.8) is 0 Å². The number of anilines is 1. The van der Waals surface area contributed by atoms with Gasteiger partial charge in [0.05, 0.1) is 24.4 Å². The van der Waals surface area contributed by atoms with Gasteiger partial charge in [0.1, 0.15) is 11.6 Å². The average molecular weight is 487 g/mol. The molecule has 1 aliphatic rings. The zero-order valence-electron chi connectivity index (χ0n) is 19.9. The van der Waals surface area contributed by atoms with Crippen molar-refractivity contribution in [1.82, 2.24) is 14.9 Å². The Morgan fingerprint density at radius 1 is 1.00 bits per heavy atom. The van der Waals surface area contributed by atoms with E-state index in [9.17, 15) is 4.39 Å². The molecule has 2 atom stereocenters. The molecular weight excluding hydrogens is 459 g/mol. The lowest BCUT2D eigenvalue weighted by Crippen LogP contribution is -2.29. The first-order valence-corrected chi connectivity index (χ1v) is 12.1. The van der Waals surface area contributed by atoms with Crippen LogP contribution in [0.2, 0.25) is 0 Å². The molecule has 2 aromatic heterocycles. The zero-order valence-corrected chi connectivity index (χ0v) is 20.7. The summed E-state index contributed by atoms with van der Waals surface area (Å²) in [7, 11) is 0. The van der Waals surface area contributed by atoms with E-state index in [2.05, 4.69) is 32.8 Å². The summed E-state index contributed by atoms with van der Waals surface area (Å²) in [5, 5.41) is 4.14. The van der Waals surface area contributed by atoms with Gasteiger partial charge in [-0.1, -0.05) is 12.1 Å². The van der Waals surface area contributed by atoms with Crippen LogP contribution in [-0.4, -0.2) is 21.3 Å². The summed E-state index contributed by atoms with van der Waals surface area (Å²) in [6.07, 6.45) is 1.80. The van der Waals surface area contributed by atoms with E-state index >= 15 is 0 Å². The van der Waals surface area contributed by atoms with Crippen molar-refractivity contribution in [2.45, 2.75) is 32.9 Å². The minimum atomic E-state index is -0.261. The second-order valence-corrected chi connectivity index (χ2v) is 8.95. The van der Waals surface area contributed by atoms with Gasteiger partial charge in [0.2, 0.25) is 0 Å². The standard InChI is InChI=1S/C28H27FN4OS/c1-4-34-23-13-11-21(12-14-23)33-27(26(31-28(33)35)25-10-5-6-15-30-25)24-16-18(2)32(19(24)3)22-9-7-8-20(29)17-22/h5-17,26-27H,4H2,1-3H3,(H,31,35)/t26-,27-/m1/s1. The van der Waals surface area contributed by atoms with E-state index in [0.717, 1.165) is 39.8 Å². The largest absolute Gasteiger partial charge is 0.494 e. The predicted molar refractivity (Wildman–Crippen MR) is 141 cm³/mol. The van der Waals surface area contributed by atoms with Crippen LogP contribution in [0.4, 0.5) is 10.1 Å². The molecule has 4 aromatic rings. The van der Waals surface area contributed by atoms with Crippen molar-refractivity contribution >= 4 is 23.0 Å². The molecule has 0 unspecified atom stereocenters. The summed E-state index contributed by atoms with van der Waals surface area (Å²) in [6, 6.07) is 22.4. The Morgan fingerprint density at radius 3 is 2.49 bits per heavy atom. The second-order valence-electron chi connectivity index (χ2n) is 8.57. The van der Waals surface area contributed by atoms with E-state index in [0.29, 0.717) is 11.7 Å². The lowest BCUT2D eigenvalue weighted by atomic mass is 9.96. The highest BCUT2D eigenvalue weighted by atomic mass is 32.1. The number of thiocarbonyl (C=S) groups is 1. The van der Waals surface area contributed by atoms with Crippen molar-refractivity contribution in [3.05, 3.63) is 107 Å². The molecule has 1 fully saturated rings. The van der Waals surface area contributed by atoms with Gasteiger partial charge in [-0.15, -0.1) is 0 Å². The van der Waals surface area contributed by atoms with Gasteiger partial charge < -0.3 is 19.5 Å². The fourth-order valence-electron chi connectivity index (χ4n) is 4.92. The van der Waals surface area contributed by atoms with Crippen molar-refractivity contribution in [1.29, 1.82) is 0 Å². The number of benzene rings is 2. The van der Waals surface area contributed by atoms with Crippen molar-refractivity contribution in [3.8, 4) is 11.4 Å². The Bertz CT molecular complexity index is 1350. The van der Waals surface area contributed by atoms with E-state index in [4.69, 9.17) is 17.0 Å². The first-order chi connectivity index (χ1) is 17.0. The number of nitrogens with zero attached hydrogens (tertiary/aromatic N) is 3. The summed E-state index contributed by atoms with van der Waals surface area (Å²) in [5.74, 6) is 0.555. The van der Waals surface area contributed by atoms with Crippen LogP contribution in [0, 0.1) is 19.7 Å². The molecule has 1 saturated heterocycles. The van der Waals surface area contributed by atoms with Crippen LogP contribution >= 0.6 is 12.2 Å². The molecule has 3 heterocycles. The molecule has 0 bridgehead atoms. The van der Waals surface area contributed by atoms with Gasteiger partial charge >= 0.3 is 0 Å². The van der Waals surface area contributed by atoms with E-state index in [1.807, 2.05) is 62.4 Å². The lowest BCUT2D eigenvalue weighted by molar-refractivity contribution is 0.340. The molecule has 7 heteroatoms. The molecule has 1 aliphatic heterocycles. The molecule has 178 valence electrons. The highest BCUT2D eigenvalue weighted by Crippen LogP contribution is 2.44. The number of ether oxygens (including phenoxy) is 1. The fraction of sp³-hybridized carbons (Fsp3) is 0.214. The monoisotopic (exact) mass is 486 g/mol. The normalized spacial score (nSPS) is 17.5. The van der Waals surface area contributed by atoms with Crippen LogP contribution < -0.4 is 15.0 Å². The molecular formula is C28H27FN4OS. The maximum absolute atomic E-state index is 14.1. The van der Waals surface area contributed by atoms with Crippen molar-refractivity contribution in [2.75, 3.05) is 11.5 Å². The van der Waals surface area contributed by atoms with Crippen molar-refractivity contribution < 1.29 is 9.13 Å². The Morgan fingerprint density at radius 2 is 1.80 bits per heavy atom. The lowest BCUT2D eigenvalue weighted by Gasteiger charge is -2.28. The molecule has 1 N–H and O–H groups in total. The third-order valence-corrected chi connectivity index (χ3v) is 6.69. The number of aromatic nitrogens is 2. The molecule has 0 spiro atoms. The number of hydrogen-bond acceptors (Lipinski definition) is 3. The highest BCUT2D eigenvalue weighted by molar-refractivity contribution is 7.80. The van der Waals surface area contributed by atoms with E-state index < -0.39 is 0 Å². The summed E-state index contributed by atoms with van der Waals surface area (Å²) in [5.41, 5.74) is 5.81. The van der Waals surface area contributed by atoms with Gasteiger partial charge in [-0.05, 0) is 99.2 Å². The van der Waals surface area contributed by atoms with E-state index in [-0.39, 0.29) is 17.9 Å². The molecule has 5 rings (SSSR count). The Balaban J connectivity index is 1.64. The minimum Gasteiger partial charge on any atom is -0.494 e. The van der Waals surface area contributed by atoms with Crippen molar-refractivity contribution in [2.24, 2.45) is 0 Å². The van der Waals surface area contributed by atoms with Gasteiger partial charge in [0.15, 0.2) is 5.11 Å². The number of halogens is 1. The number of hydrogen-bond donors (Lipinski definition) is 1. The maximum Gasteiger partial charge on any atom is 0.174 e. The van der Waals surface area contributed by atoms with Crippen LogP contribution in [0.15, 0.2) is 79.0 Å². The Hall–Kier alpha value is -3.71. The van der Waals surface area contributed by atoms with E-state index in [1.54, 1.807) is 18.3 Å². The van der Waals surface area contributed by atoms with Crippen LogP contribution in [0.3, 0.4) is 0 Å². The molecule has 0 amide bonds. The molecule has 0 radical (unpaired) electrons. The summed E-state index contributed by atoms with van der Waals surface area (Å²) >= 11 is 5.85. The van der Waals surface area contributed by atoms with Crippen LogP contribution in [0.1, 0.15) is 41.7 Å². The maximum atomic E-state index is 14.1. The van der Waals surface area contributed by atoms with Gasteiger partial charge in [0.25, 0.3) is 0 Å². The number of rotatable bonds is 6. The number of pyridine rings is 1. The van der Waals surface area contributed by atoms with Crippen LogP contribution in [0.5, 0.6) is 5.75 Å². The van der Waals surface area contributed by atoms with E-state index in [1.165, 1.54) is 6.07 Å². The highest BCUT2D eigenvalue weighted by Gasteiger charge is 2.42. The minimum absolute atomic E-state index is 0.149. The predicted octanol–water partition coefficient (Wildman–Crippen LogP) is 6.20. The molecule has 0 saturated carbocycles. The topological polar surface area (TPSA) is 42.3 Å². The Kier molecular flexibility index (Phi) is 6.26. The SMILES string of the molecule is CCOc1ccc(N2C(=S)N[C@H](c3ccccn3)[C@H]2c2cc(C)n(-c3cccc(F)c3)c2C)cc1. The van der Waals surface area contributed by atoms with Gasteiger partial charge in [-0.3, -0.25) is 4.98 Å². The fourth-order valence-corrected chi connectivity index (χ4v) is 5.26. The van der Waals surface area contributed by atoms with Gasteiger partial charge in [-0.25, -0.2) is 4.39 Å². The molecule has 2 aromatic carbocycles. The first kappa shape index (κ1) is 23.1. The molecule has 5 nitrogen and oxygen atoms in total. The van der Waals surface area contributed by atoms with Gasteiger partial charge in [-0.2, -0.15) is 0 Å².